The molecule has 0 bridgehead atoms. The van der Waals surface area contributed by atoms with E-state index in [1.165, 1.54) is 11.0 Å². The molecule has 1 aromatic rings. The van der Waals surface area contributed by atoms with Crippen molar-refractivity contribution >= 4 is 17.7 Å². The molecule has 5 nitrogen and oxygen atoms in total. The molecule has 2 aliphatic rings. The highest BCUT2D eigenvalue weighted by molar-refractivity contribution is 6.05. The normalized spacial score (nSPS) is 22.0. The van der Waals surface area contributed by atoms with Gasteiger partial charge in [0.15, 0.2) is 0 Å². The summed E-state index contributed by atoms with van der Waals surface area (Å²) >= 11 is 0. The Hall–Kier alpha value is -2.24. The Morgan fingerprint density at radius 2 is 2.05 bits per heavy atom. The highest BCUT2D eigenvalue weighted by atomic mass is 19.1. The molecule has 3 rings (SSSR count). The first-order chi connectivity index (χ1) is 9.47. The van der Waals surface area contributed by atoms with E-state index < -0.39 is 17.8 Å². The van der Waals surface area contributed by atoms with Crippen molar-refractivity contribution in [3.8, 4) is 0 Å². The molecule has 0 spiro atoms. The van der Waals surface area contributed by atoms with Gasteiger partial charge in [0.1, 0.15) is 11.9 Å². The number of halogens is 1. The lowest BCUT2D eigenvalue weighted by Crippen LogP contribution is -2.52. The van der Waals surface area contributed by atoms with Crippen molar-refractivity contribution in [3.05, 3.63) is 34.6 Å². The molecule has 0 aromatic heterocycles. The van der Waals surface area contributed by atoms with Crippen molar-refractivity contribution < 1.29 is 18.8 Å². The van der Waals surface area contributed by atoms with Gasteiger partial charge >= 0.3 is 0 Å². The molecule has 0 unspecified atom stereocenters. The smallest absolute Gasteiger partial charge is 0.255 e. The van der Waals surface area contributed by atoms with Gasteiger partial charge in [0, 0.05) is 17.5 Å². The molecule has 1 aromatic carbocycles. The Balaban J connectivity index is 1.92. The average Bonchev–Trinajstić information content (AvgIpc) is 2.68. The van der Waals surface area contributed by atoms with Crippen LogP contribution in [0.25, 0.3) is 0 Å². The Kier molecular flexibility index (Phi) is 2.81. The van der Waals surface area contributed by atoms with Crippen LogP contribution in [0.5, 0.6) is 0 Å². The summed E-state index contributed by atoms with van der Waals surface area (Å²) in [5.74, 6) is -1.60. The van der Waals surface area contributed by atoms with Gasteiger partial charge in [0.25, 0.3) is 5.91 Å². The predicted octanol–water partition coefficient (Wildman–Crippen LogP) is 0.895. The molecule has 0 radical (unpaired) electrons. The van der Waals surface area contributed by atoms with Gasteiger partial charge in [-0.2, -0.15) is 0 Å². The van der Waals surface area contributed by atoms with Crippen LogP contribution < -0.4 is 5.32 Å². The van der Waals surface area contributed by atoms with E-state index in [1.807, 2.05) is 0 Å². The van der Waals surface area contributed by atoms with Gasteiger partial charge in [0.2, 0.25) is 11.8 Å². The lowest BCUT2D eigenvalue weighted by atomic mass is 10.0. The predicted molar refractivity (Wildman–Crippen MR) is 67.2 cm³/mol. The topological polar surface area (TPSA) is 66.5 Å². The number of hydrogen-bond donors (Lipinski definition) is 1. The van der Waals surface area contributed by atoms with Gasteiger partial charge in [0.05, 0.1) is 6.54 Å². The van der Waals surface area contributed by atoms with E-state index in [1.54, 1.807) is 13.0 Å². The maximum Gasteiger partial charge on any atom is 0.255 e. The van der Waals surface area contributed by atoms with E-state index >= 15 is 0 Å². The Morgan fingerprint density at radius 3 is 2.75 bits per heavy atom. The van der Waals surface area contributed by atoms with E-state index in [2.05, 4.69) is 5.32 Å². The van der Waals surface area contributed by atoms with Gasteiger partial charge in [-0.1, -0.05) is 0 Å². The SMILES string of the molecule is Cc1cc(F)c2c(c1)C(=O)N([C@@H]1CCC(=O)NC1=O)C2. The maximum atomic E-state index is 13.9. The van der Waals surface area contributed by atoms with Gasteiger partial charge in [-0.15, -0.1) is 0 Å². The van der Waals surface area contributed by atoms with Crippen LogP contribution in [0.3, 0.4) is 0 Å². The number of carbonyl (C=O) groups is 3. The molecule has 2 aliphatic heterocycles. The number of amides is 3. The molecule has 1 saturated heterocycles. The lowest BCUT2D eigenvalue weighted by Gasteiger charge is -2.29. The van der Waals surface area contributed by atoms with Crippen LogP contribution >= 0.6 is 0 Å². The minimum atomic E-state index is -0.702. The quantitative estimate of drug-likeness (QED) is 0.775. The molecule has 1 fully saturated rings. The fourth-order valence-electron chi connectivity index (χ4n) is 2.75. The first-order valence-electron chi connectivity index (χ1n) is 6.41. The summed E-state index contributed by atoms with van der Waals surface area (Å²) in [4.78, 5) is 36.6. The number of nitrogens with one attached hydrogen (secondary N) is 1. The summed E-state index contributed by atoms with van der Waals surface area (Å²) in [5.41, 5.74) is 1.30. The van der Waals surface area contributed by atoms with E-state index in [9.17, 15) is 18.8 Å². The number of benzene rings is 1. The van der Waals surface area contributed by atoms with Gasteiger partial charge in [-0.05, 0) is 31.0 Å². The molecular formula is C14H13FN2O3. The van der Waals surface area contributed by atoms with Gasteiger partial charge in [-0.25, -0.2) is 4.39 Å². The standard InChI is InChI=1S/C14H13FN2O3/c1-7-4-8-9(10(15)5-7)6-17(14(8)20)11-2-3-12(18)16-13(11)19/h4-5,11H,2-3,6H2,1H3,(H,16,18,19)/t11-/m1/s1. The summed E-state index contributed by atoms with van der Waals surface area (Å²) in [6, 6.07) is 2.31. The third-order valence-corrected chi connectivity index (χ3v) is 3.75. The zero-order valence-corrected chi connectivity index (χ0v) is 10.9. The Morgan fingerprint density at radius 1 is 1.30 bits per heavy atom. The van der Waals surface area contributed by atoms with Crippen molar-refractivity contribution in [2.75, 3.05) is 0 Å². The molecule has 1 N–H and O–H groups in total. The number of nitrogens with zero attached hydrogens (tertiary/aromatic N) is 1. The van der Waals surface area contributed by atoms with Crippen LogP contribution in [0.15, 0.2) is 12.1 Å². The number of imide groups is 1. The number of aryl methyl sites for hydroxylation is 1. The van der Waals surface area contributed by atoms with E-state index in [0.717, 1.165) is 0 Å². The minimum Gasteiger partial charge on any atom is -0.322 e. The van der Waals surface area contributed by atoms with E-state index in [-0.39, 0.29) is 31.2 Å². The Labute approximate surface area is 114 Å². The monoisotopic (exact) mass is 276 g/mol. The summed E-state index contributed by atoms with van der Waals surface area (Å²) < 4.78 is 13.9. The first-order valence-corrected chi connectivity index (χ1v) is 6.41. The molecular weight excluding hydrogens is 263 g/mol. The van der Waals surface area contributed by atoms with E-state index in [0.29, 0.717) is 16.7 Å². The second kappa shape index (κ2) is 4.40. The summed E-state index contributed by atoms with van der Waals surface area (Å²) in [6.45, 7) is 1.79. The zero-order chi connectivity index (χ0) is 14.4. The summed E-state index contributed by atoms with van der Waals surface area (Å²) in [5, 5.41) is 2.21. The fraction of sp³-hybridized carbons (Fsp3) is 0.357. The molecule has 6 heteroatoms. The number of carbonyl (C=O) groups excluding carboxylic acids is 3. The van der Waals surface area contributed by atoms with Crippen LogP contribution in [0.4, 0.5) is 4.39 Å². The largest absolute Gasteiger partial charge is 0.322 e. The number of hydrogen-bond acceptors (Lipinski definition) is 3. The van der Waals surface area contributed by atoms with Crippen LogP contribution in [0, 0.1) is 12.7 Å². The molecule has 1 atom stereocenters. The Bertz CT molecular complexity index is 642. The van der Waals surface area contributed by atoms with Crippen molar-refractivity contribution in [3.63, 3.8) is 0 Å². The van der Waals surface area contributed by atoms with Crippen molar-refractivity contribution in [2.45, 2.75) is 32.4 Å². The van der Waals surface area contributed by atoms with Crippen LogP contribution in [0.1, 0.15) is 34.3 Å². The first kappa shape index (κ1) is 12.8. The molecule has 3 amide bonds. The van der Waals surface area contributed by atoms with Gasteiger partial charge in [-0.3, -0.25) is 19.7 Å². The maximum absolute atomic E-state index is 13.9. The van der Waals surface area contributed by atoms with Crippen LogP contribution in [0.2, 0.25) is 0 Å². The molecule has 20 heavy (non-hydrogen) atoms. The van der Waals surface area contributed by atoms with Crippen molar-refractivity contribution in [1.82, 2.24) is 10.2 Å². The highest BCUT2D eigenvalue weighted by Gasteiger charge is 2.40. The van der Waals surface area contributed by atoms with Gasteiger partial charge < -0.3 is 4.90 Å². The van der Waals surface area contributed by atoms with Crippen molar-refractivity contribution in [1.29, 1.82) is 0 Å². The fourth-order valence-corrected chi connectivity index (χ4v) is 2.75. The van der Waals surface area contributed by atoms with Crippen LogP contribution in [-0.4, -0.2) is 28.7 Å². The lowest BCUT2D eigenvalue weighted by molar-refractivity contribution is -0.136. The summed E-state index contributed by atoms with van der Waals surface area (Å²) in [7, 11) is 0. The summed E-state index contributed by atoms with van der Waals surface area (Å²) in [6.07, 6.45) is 0.475. The highest BCUT2D eigenvalue weighted by Crippen LogP contribution is 2.29. The third-order valence-electron chi connectivity index (χ3n) is 3.75. The van der Waals surface area contributed by atoms with Crippen molar-refractivity contribution in [2.24, 2.45) is 0 Å². The van der Waals surface area contributed by atoms with E-state index in [4.69, 9.17) is 0 Å². The molecule has 0 aliphatic carbocycles. The number of piperidine rings is 1. The number of rotatable bonds is 1. The average molecular weight is 276 g/mol. The second-order valence-corrected chi connectivity index (χ2v) is 5.17. The third kappa shape index (κ3) is 1.88. The zero-order valence-electron chi connectivity index (χ0n) is 10.9. The molecule has 2 heterocycles. The second-order valence-electron chi connectivity index (χ2n) is 5.17. The molecule has 0 saturated carbocycles. The van der Waals surface area contributed by atoms with Crippen LogP contribution in [-0.2, 0) is 16.1 Å². The minimum absolute atomic E-state index is 0.0759. The number of fused-ring (bicyclic) bond motifs is 1. The molecule has 104 valence electrons.